The zero-order chi connectivity index (χ0) is 32.8. The first-order valence-electron chi connectivity index (χ1n) is 18.4. The van der Waals surface area contributed by atoms with Gasteiger partial charge in [0.25, 0.3) is 0 Å². The van der Waals surface area contributed by atoms with E-state index in [9.17, 15) is 0 Å². The van der Waals surface area contributed by atoms with Crippen LogP contribution in [0.25, 0.3) is 44.3 Å². The number of para-hydroxylation sites is 2. The van der Waals surface area contributed by atoms with Crippen molar-refractivity contribution in [3.05, 3.63) is 116 Å². The van der Waals surface area contributed by atoms with E-state index in [2.05, 4.69) is 140 Å². The number of benzene rings is 4. The fourth-order valence-electron chi connectivity index (χ4n) is 8.92. The van der Waals surface area contributed by atoms with Crippen molar-refractivity contribution in [2.45, 2.75) is 90.9 Å². The molecule has 0 saturated carbocycles. The van der Waals surface area contributed by atoms with Crippen LogP contribution in [-0.2, 0) is 25.7 Å². The van der Waals surface area contributed by atoms with Gasteiger partial charge in [-0.1, -0.05) is 101 Å². The van der Waals surface area contributed by atoms with E-state index in [-0.39, 0.29) is 0 Å². The van der Waals surface area contributed by atoms with Gasteiger partial charge in [0.2, 0.25) is 0 Å². The molecule has 2 heterocycles. The Morgan fingerprint density at radius 1 is 0.562 bits per heavy atom. The van der Waals surface area contributed by atoms with Crippen molar-refractivity contribution >= 4 is 53.7 Å². The Kier molecular flexibility index (Phi) is 9.16. The van der Waals surface area contributed by atoms with Gasteiger partial charge in [-0.2, -0.15) is 0 Å². The summed E-state index contributed by atoms with van der Waals surface area (Å²) in [7, 11) is 0. The minimum absolute atomic E-state index is 0.805. The van der Waals surface area contributed by atoms with Crippen molar-refractivity contribution in [2.24, 2.45) is 11.8 Å². The highest BCUT2D eigenvalue weighted by atomic mass is 79.9. The van der Waals surface area contributed by atoms with Crippen LogP contribution in [0.3, 0.4) is 0 Å². The molecular weight excluding hydrogens is 716 g/mol. The molecule has 0 amide bonds. The predicted molar refractivity (Wildman–Crippen MR) is 211 cm³/mol. The summed E-state index contributed by atoms with van der Waals surface area (Å²) in [6, 6.07) is 32.0. The third-order valence-corrected chi connectivity index (χ3v) is 12.7. The van der Waals surface area contributed by atoms with Crippen molar-refractivity contribution in [3.63, 3.8) is 0 Å². The zero-order valence-electron chi connectivity index (χ0n) is 28.4. The summed E-state index contributed by atoms with van der Waals surface area (Å²) >= 11 is 7.86. The third-order valence-electron chi connectivity index (χ3n) is 11.4. The molecule has 2 unspecified atom stereocenters. The maximum atomic E-state index is 3.93. The first-order valence-corrected chi connectivity index (χ1v) is 20.0. The van der Waals surface area contributed by atoms with Gasteiger partial charge in [-0.05, 0) is 141 Å². The topological polar surface area (TPSA) is 9.86 Å². The molecule has 4 aromatic carbocycles. The van der Waals surface area contributed by atoms with Gasteiger partial charge in [-0.15, -0.1) is 0 Å². The van der Waals surface area contributed by atoms with E-state index in [1.807, 2.05) is 0 Å². The van der Waals surface area contributed by atoms with Crippen LogP contribution in [0.15, 0.2) is 93.9 Å². The molecule has 2 nitrogen and oxygen atoms in total. The summed E-state index contributed by atoms with van der Waals surface area (Å²) in [6.45, 7) is 4.63. The van der Waals surface area contributed by atoms with Gasteiger partial charge in [-0.3, -0.25) is 0 Å². The summed E-state index contributed by atoms with van der Waals surface area (Å²) in [4.78, 5) is 0. The van der Waals surface area contributed by atoms with Crippen molar-refractivity contribution in [1.82, 2.24) is 9.13 Å². The normalized spacial score (nSPS) is 17.6. The molecule has 0 radical (unpaired) electrons. The van der Waals surface area contributed by atoms with Crippen molar-refractivity contribution < 1.29 is 0 Å². The highest BCUT2D eigenvalue weighted by molar-refractivity contribution is 9.11. The second kappa shape index (κ2) is 13.7. The molecule has 8 rings (SSSR count). The average molecular weight is 763 g/mol. The summed E-state index contributed by atoms with van der Waals surface area (Å²) < 4.78 is 7.45. The minimum atomic E-state index is 0.805. The molecule has 2 atom stereocenters. The van der Waals surface area contributed by atoms with Gasteiger partial charge >= 0.3 is 0 Å². The van der Waals surface area contributed by atoms with Crippen LogP contribution in [0.1, 0.15) is 87.7 Å². The molecule has 0 fully saturated rings. The first kappa shape index (κ1) is 32.1. The molecule has 0 N–H and O–H groups in total. The van der Waals surface area contributed by atoms with Gasteiger partial charge in [0, 0.05) is 42.5 Å². The number of unbranched alkanes of at least 4 members (excludes halogenated alkanes) is 2. The molecule has 2 aromatic heterocycles. The Morgan fingerprint density at radius 2 is 0.979 bits per heavy atom. The van der Waals surface area contributed by atoms with Crippen molar-refractivity contribution in [1.29, 1.82) is 0 Å². The van der Waals surface area contributed by atoms with Crippen molar-refractivity contribution in [2.75, 3.05) is 0 Å². The van der Waals surface area contributed by atoms with E-state index >= 15 is 0 Å². The van der Waals surface area contributed by atoms with Crippen LogP contribution < -0.4 is 0 Å². The van der Waals surface area contributed by atoms with Gasteiger partial charge in [-0.25, -0.2) is 0 Å². The molecule has 2 aliphatic rings. The van der Waals surface area contributed by atoms with Crippen LogP contribution in [0.5, 0.6) is 0 Å². The second-order valence-electron chi connectivity index (χ2n) is 14.4. The summed E-state index contributed by atoms with van der Waals surface area (Å²) in [5.74, 6) is 1.61. The second-order valence-corrected chi connectivity index (χ2v) is 16.1. The maximum Gasteiger partial charge on any atom is 0.0676 e. The summed E-state index contributed by atoms with van der Waals surface area (Å²) in [5.41, 5.74) is 13.8. The van der Waals surface area contributed by atoms with E-state index in [4.69, 9.17) is 0 Å². The lowest BCUT2D eigenvalue weighted by atomic mass is 9.83. The molecule has 6 aromatic rings. The molecule has 0 saturated heterocycles. The molecule has 0 bridgehead atoms. The number of halogens is 2. The number of hydrogen-bond donors (Lipinski definition) is 0. The highest BCUT2D eigenvalue weighted by Crippen LogP contribution is 2.42. The van der Waals surface area contributed by atoms with E-state index in [1.165, 1.54) is 129 Å². The van der Waals surface area contributed by atoms with Gasteiger partial charge in [0.15, 0.2) is 0 Å². The van der Waals surface area contributed by atoms with E-state index in [0.29, 0.717) is 0 Å². The zero-order valence-corrected chi connectivity index (χ0v) is 31.5. The Labute approximate surface area is 302 Å². The summed E-state index contributed by atoms with van der Waals surface area (Å²) in [6.07, 6.45) is 15.3. The molecule has 246 valence electrons. The Morgan fingerprint density at radius 3 is 1.38 bits per heavy atom. The van der Waals surface area contributed by atoms with E-state index in [1.54, 1.807) is 11.1 Å². The lowest BCUT2D eigenvalue weighted by molar-refractivity contribution is 0.410. The number of fused-ring (bicyclic) bond motifs is 6. The SMILES string of the molecule is CCCCC1CCc2c(c3cccc(Br)c3n2-c2ccc(-c3ccc(-n4c5c(c6cccc(Br)c64)CC(CCCC)CC5)cc3)cc2)C1. The van der Waals surface area contributed by atoms with Crippen LogP contribution >= 0.6 is 31.9 Å². The third kappa shape index (κ3) is 5.71. The van der Waals surface area contributed by atoms with Crippen LogP contribution in [0, 0.1) is 11.8 Å². The lowest BCUT2D eigenvalue weighted by Crippen LogP contribution is -2.15. The van der Waals surface area contributed by atoms with Gasteiger partial charge < -0.3 is 9.13 Å². The number of hydrogen-bond acceptors (Lipinski definition) is 0. The maximum absolute atomic E-state index is 3.93. The van der Waals surface area contributed by atoms with Crippen LogP contribution in [0.2, 0.25) is 0 Å². The predicted octanol–water partition coefficient (Wildman–Crippen LogP) is 13.4. The molecular formula is C44H46Br2N2. The highest BCUT2D eigenvalue weighted by Gasteiger charge is 2.28. The number of nitrogens with zero attached hydrogens (tertiary/aromatic N) is 2. The van der Waals surface area contributed by atoms with Crippen LogP contribution in [-0.4, -0.2) is 9.13 Å². The van der Waals surface area contributed by atoms with Gasteiger partial charge in [0.1, 0.15) is 0 Å². The van der Waals surface area contributed by atoms with Crippen molar-refractivity contribution in [3.8, 4) is 22.5 Å². The Balaban J connectivity index is 1.11. The van der Waals surface area contributed by atoms with E-state index < -0.39 is 0 Å². The Bertz CT molecular complexity index is 1930. The number of aromatic nitrogens is 2. The fraction of sp³-hybridized carbons (Fsp3) is 0.364. The largest absolute Gasteiger partial charge is 0.312 e. The lowest BCUT2D eigenvalue weighted by Gasteiger charge is -2.24. The smallest absolute Gasteiger partial charge is 0.0676 e. The standard InChI is InChI=1S/C44H46Br2N2/c1-3-5-9-29-15-25-41-37(27-29)35-11-7-13-39(45)43(35)47(41)33-21-17-31(18-22-33)32-19-23-34(24-20-32)48-42-26-16-30(10-6-4-2)28-38(42)36-12-8-14-40(46)44(36)48/h7-8,11-14,17-24,29-30H,3-6,9-10,15-16,25-28H2,1-2H3. The monoisotopic (exact) mass is 760 g/mol. The summed E-state index contributed by atoms with van der Waals surface area (Å²) in [5, 5.41) is 2.84. The quantitative estimate of drug-likeness (QED) is 0.139. The first-order chi connectivity index (χ1) is 23.6. The van der Waals surface area contributed by atoms with Crippen LogP contribution in [0.4, 0.5) is 0 Å². The minimum Gasteiger partial charge on any atom is -0.312 e. The molecule has 0 aliphatic heterocycles. The van der Waals surface area contributed by atoms with Gasteiger partial charge in [0.05, 0.1) is 11.0 Å². The molecule has 2 aliphatic carbocycles. The average Bonchev–Trinajstić information content (AvgIpc) is 3.64. The number of rotatable bonds is 9. The molecule has 4 heteroatoms. The fourth-order valence-corrected chi connectivity index (χ4v) is 10.0. The molecule has 0 spiro atoms. The Hall–Kier alpha value is -3.08. The van der Waals surface area contributed by atoms with E-state index in [0.717, 1.165) is 24.7 Å². The molecule has 48 heavy (non-hydrogen) atoms.